The van der Waals surface area contributed by atoms with Crippen molar-refractivity contribution in [2.24, 2.45) is 0 Å². The summed E-state index contributed by atoms with van der Waals surface area (Å²) >= 11 is 0. The quantitative estimate of drug-likeness (QED) is 0.713. The Morgan fingerprint density at radius 3 is 3.00 bits per heavy atom. The normalized spacial score (nSPS) is 13.4. The Morgan fingerprint density at radius 1 is 1.73 bits per heavy atom. The predicted molar refractivity (Wildman–Crippen MR) is 43.2 cm³/mol. The number of aromatic nitrogens is 2. The smallest absolute Gasteiger partial charge is 0.0951 e. The van der Waals surface area contributed by atoms with Crippen molar-refractivity contribution in [3.05, 3.63) is 18.2 Å². The lowest BCUT2D eigenvalue weighted by Crippen LogP contribution is -2.06. The summed E-state index contributed by atoms with van der Waals surface area (Å²) in [6.07, 6.45) is 4.52. The molecule has 0 spiro atoms. The Balaban J connectivity index is 2.83. The van der Waals surface area contributed by atoms with Crippen LogP contribution in [-0.2, 0) is 6.61 Å². The van der Waals surface area contributed by atoms with Gasteiger partial charge in [0.05, 0.1) is 24.8 Å². The van der Waals surface area contributed by atoms with Crippen LogP contribution in [0.4, 0.5) is 0 Å². The maximum absolute atomic E-state index is 8.89. The van der Waals surface area contributed by atoms with E-state index in [0.717, 1.165) is 12.1 Å². The number of rotatable bonds is 3. The van der Waals surface area contributed by atoms with E-state index < -0.39 is 0 Å². The first-order valence-electron chi connectivity index (χ1n) is 3.91. The zero-order chi connectivity index (χ0) is 8.27. The first kappa shape index (κ1) is 8.27. The van der Waals surface area contributed by atoms with Crippen molar-refractivity contribution in [2.45, 2.75) is 32.9 Å². The summed E-state index contributed by atoms with van der Waals surface area (Å²) in [5, 5.41) is 8.89. The van der Waals surface area contributed by atoms with Crippen molar-refractivity contribution in [1.29, 1.82) is 0 Å². The molecule has 1 heterocycles. The molecule has 1 unspecified atom stereocenters. The molecule has 0 radical (unpaired) electrons. The highest BCUT2D eigenvalue weighted by Crippen LogP contribution is 2.12. The van der Waals surface area contributed by atoms with Gasteiger partial charge in [0, 0.05) is 6.04 Å². The molecule has 0 aliphatic heterocycles. The standard InChI is InChI=1S/C8H14N2O/c1-3-7(2)10-6-9-4-8(10)5-11/h4,6-7,11H,3,5H2,1-2H3. The molecule has 1 rings (SSSR count). The van der Waals surface area contributed by atoms with E-state index in [2.05, 4.69) is 18.8 Å². The fraction of sp³-hybridized carbons (Fsp3) is 0.625. The minimum atomic E-state index is 0.0737. The van der Waals surface area contributed by atoms with Crippen LogP contribution in [0.3, 0.4) is 0 Å². The van der Waals surface area contributed by atoms with E-state index in [-0.39, 0.29) is 6.61 Å². The lowest BCUT2D eigenvalue weighted by molar-refractivity contribution is 0.266. The van der Waals surface area contributed by atoms with Crippen molar-refractivity contribution in [1.82, 2.24) is 9.55 Å². The molecule has 62 valence electrons. The van der Waals surface area contributed by atoms with Crippen LogP contribution in [0.5, 0.6) is 0 Å². The summed E-state index contributed by atoms with van der Waals surface area (Å²) in [4.78, 5) is 3.96. The topological polar surface area (TPSA) is 38.0 Å². The second-order valence-electron chi connectivity index (χ2n) is 2.71. The maximum Gasteiger partial charge on any atom is 0.0951 e. The number of hydrogen-bond acceptors (Lipinski definition) is 2. The first-order valence-corrected chi connectivity index (χ1v) is 3.91. The molecule has 11 heavy (non-hydrogen) atoms. The number of aliphatic hydroxyl groups is 1. The van der Waals surface area contributed by atoms with Gasteiger partial charge in [0.25, 0.3) is 0 Å². The lowest BCUT2D eigenvalue weighted by Gasteiger charge is -2.12. The Hall–Kier alpha value is -0.830. The van der Waals surface area contributed by atoms with Crippen molar-refractivity contribution in [3.63, 3.8) is 0 Å². The third kappa shape index (κ3) is 1.60. The van der Waals surface area contributed by atoms with E-state index in [1.807, 2.05) is 4.57 Å². The second-order valence-corrected chi connectivity index (χ2v) is 2.71. The summed E-state index contributed by atoms with van der Waals surface area (Å²) in [6, 6.07) is 0.430. The van der Waals surface area contributed by atoms with Gasteiger partial charge in [0.2, 0.25) is 0 Å². The van der Waals surface area contributed by atoms with E-state index in [9.17, 15) is 0 Å². The van der Waals surface area contributed by atoms with Gasteiger partial charge >= 0.3 is 0 Å². The minimum absolute atomic E-state index is 0.0737. The van der Waals surface area contributed by atoms with Crippen molar-refractivity contribution in [2.75, 3.05) is 0 Å². The summed E-state index contributed by atoms with van der Waals surface area (Å²) < 4.78 is 2.00. The molecular formula is C8H14N2O. The minimum Gasteiger partial charge on any atom is -0.390 e. The highest BCUT2D eigenvalue weighted by Gasteiger charge is 2.05. The lowest BCUT2D eigenvalue weighted by atomic mass is 10.2. The van der Waals surface area contributed by atoms with Gasteiger partial charge in [0.15, 0.2) is 0 Å². The molecule has 1 N–H and O–H groups in total. The van der Waals surface area contributed by atoms with Crippen LogP contribution < -0.4 is 0 Å². The van der Waals surface area contributed by atoms with Gasteiger partial charge in [0.1, 0.15) is 0 Å². The van der Waals surface area contributed by atoms with Gasteiger partial charge in [-0.05, 0) is 13.3 Å². The van der Waals surface area contributed by atoms with Gasteiger partial charge < -0.3 is 9.67 Å². The van der Waals surface area contributed by atoms with Crippen LogP contribution in [0.1, 0.15) is 32.0 Å². The molecule has 1 aromatic heterocycles. The van der Waals surface area contributed by atoms with Crippen molar-refractivity contribution in [3.8, 4) is 0 Å². The Kier molecular flexibility index (Phi) is 2.65. The Morgan fingerprint density at radius 2 is 2.45 bits per heavy atom. The van der Waals surface area contributed by atoms with Crippen LogP contribution in [0.15, 0.2) is 12.5 Å². The van der Waals surface area contributed by atoms with E-state index in [1.54, 1.807) is 12.5 Å². The molecule has 0 aliphatic rings. The zero-order valence-corrected chi connectivity index (χ0v) is 6.99. The van der Waals surface area contributed by atoms with Crippen molar-refractivity contribution < 1.29 is 5.11 Å². The average molecular weight is 154 g/mol. The molecule has 0 aromatic carbocycles. The van der Waals surface area contributed by atoms with Crippen LogP contribution in [0.2, 0.25) is 0 Å². The van der Waals surface area contributed by atoms with Crippen LogP contribution in [0, 0.1) is 0 Å². The van der Waals surface area contributed by atoms with Gasteiger partial charge in [-0.2, -0.15) is 0 Å². The highest BCUT2D eigenvalue weighted by molar-refractivity contribution is 4.97. The zero-order valence-electron chi connectivity index (χ0n) is 6.99. The van der Waals surface area contributed by atoms with Crippen LogP contribution in [-0.4, -0.2) is 14.7 Å². The number of imidazole rings is 1. The highest BCUT2D eigenvalue weighted by atomic mass is 16.3. The Bertz CT molecular complexity index is 220. The monoisotopic (exact) mass is 154 g/mol. The molecule has 0 amide bonds. The third-order valence-electron chi connectivity index (χ3n) is 1.97. The second kappa shape index (κ2) is 3.53. The SMILES string of the molecule is CCC(C)n1cncc1CO. The van der Waals surface area contributed by atoms with E-state index >= 15 is 0 Å². The molecule has 1 aromatic rings. The van der Waals surface area contributed by atoms with E-state index in [1.165, 1.54) is 0 Å². The fourth-order valence-corrected chi connectivity index (χ4v) is 1.05. The summed E-state index contributed by atoms with van der Waals surface area (Å²) in [6.45, 7) is 4.30. The van der Waals surface area contributed by atoms with E-state index in [4.69, 9.17) is 5.11 Å². The summed E-state index contributed by atoms with van der Waals surface area (Å²) in [7, 11) is 0. The number of aliphatic hydroxyl groups excluding tert-OH is 1. The molecule has 0 saturated heterocycles. The molecule has 0 aliphatic carbocycles. The van der Waals surface area contributed by atoms with E-state index in [0.29, 0.717) is 6.04 Å². The van der Waals surface area contributed by atoms with Gasteiger partial charge in [-0.1, -0.05) is 6.92 Å². The average Bonchev–Trinajstić information content (AvgIpc) is 2.50. The molecule has 0 fully saturated rings. The predicted octanol–water partition coefficient (Wildman–Crippen LogP) is 1.35. The molecule has 0 bridgehead atoms. The number of hydrogen-bond donors (Lipinski definition) is 1. The maximum atomic E-state index is 8.89. The third-order valence-corrected chi connectivity index (χ3v) is 1.97. The molecule has 0 saturated carbocycles. The summed E-state index contributed by atoms with van der Waals surface area (Å²) in [5.74, 6) is 0. The molecule has 3 heteroatoms. The van der Waals surface area contributed by atoms with Crippen molar-refractivity contribution >= 4 is 0 Å². The van der Waals surface area contributed by atoms with Gasteiger partial charge in [-0.25, -0.2) is 4.98 Å². The van der Waals surface area contributed by atoms with Gasteiger partial charge in [-0.15, -0.1) is 0 Å². The number of nitrogens with zero attached hydrogens (tertiary/aromatic N) is 2. The summed E-state index contributed by atoms with van der Waals surface area (Å²) in [5.41, 5.74) is 0.888. The fourth-order valence-electron chi connectivity index (χ4n) is 1.05. The molecular weight excluding hydrogens is 140 g/mol. The van der Waals surface area contributed by atoms with Crippen LogP contribution >= 0.6 is 0 Å². The van der Waals surface area contributed by atoms with Crippen LogP contribution in [0.25, 0.3) is 0 Å². The molecule has 1 atom stereocenters. The molecule has 3 nitrogen and oxygen atoms in total. The van der Waals surface area contributed by atoms with Gasteiger partial charge in [-0.3, -0.25) is 0 Å². The largest absolute Gasteiger partial charge is 0.390 e. The first-order chi connectivity index (χ1) is 5.29. The Labute approximate surface area is 66.7 Å².